The topological polar surface area (TPSA) is 59.8 Å². The Bertz CT molecular complexity index is 989. The lowest BCUT2D eigenvalue weighted by Crippen LogP contribution is -2.40. The molecule has 0 radical (unpaired) electrons. The third-order valence-corrected chi connectivity index (χ3v) is 5.87. The molecule has 3 rings (SSSR count). The van der Waals surface area contributed by atoms with E-state index in [0.29, 0.717) is 38.1 Å². The minimum absolute atomic E-state index is 0.271. The van der Waals surface area contributed by atoms with E-state index in [1.165, 1.54) is 0 Å². The summed E-state index contributed by atoms with van der Waals surface area (Å²) in [6.45, 7) is 10.7. The highest BCUT2D eigenvalue weighted by Gasteiger charge is 2.25. The fraction of sp³-hybridized carbons (Fsp3) is 0.464. The highest BCUT2D eigenvalue weighted by atomic mass is 16.5. The molecule has 6 heteroatoms. The highest BCUT2D eigenvalue weighted by Crippen LogP contribution is 2.34. The van der Waals surface area contributed by atoms with Crippen LogP contribution in [0.15, 0.2) is 60.7 Å². The van der Waals surface area contributed by atoms with Crippen LogP contribution in [0.3, 0.4) is 0 Å². The second-order valence-corrected chi connectivity index (χ2v) is 9.31. The zero-order chi connectivity index (χ0) is 24.5. The van der Waals surface area contributed by atoms with Gasteiger partial charge in [-0.25, -0.2) is 4.68 Å². The van der Waals surface area contributed by atoms with Gasteiger partial charge in [0.05, 0.1) is 18.3 Å². The molecule has 1 N–H and O–H groups in total. The largest absolute Gasteiger partial charge is 0.439 e. The van der Waals surface area contributed by atoms with Crippen molar-refractivity contribution in [3.63, 3.8) is 0 Å². The Labute approximate surface area is 204 Å². The number of para-hydroxylation sites is 1. The Morgan fingerprint density at radius 3 is 2.24 bits per heavy atom. The van der Waals surface area contributed by atoms with Crippen molar-refractivity contribution in [3.8, 4) is 22.9 Å². The van der Waals surface area contributed by atoms with Gasteiger partial charge in [0, 0.05) is 38.3 Å². The van der Waals surface area contributed by atoms with E-state index < -0.39 is 6.10 Å². The van der Waals surface area contributed by atoms with Crippen LogP contribution in [-0.2, 0) is 18.3 Å². The van der Waals surface area contributed by atoms with E-state index in [1.54, 1.807) is 0 Å². The van der Waals surface area contributed by atoms with Crippen molar-refractivity contribution in [1.29, 1.82) is 0 Å². The third-order valence-electron chi connectivity index (χ3n) is 5.87. The molecule has 0 aliphatic rings. The smallest absolute Gasteiger partial charge is 0.222 e. The predicted molar refractivity (Wildman–Crippen MR) is 137 cm³/mol. The summed E-state index contributed by atoms with van der Waals surface area (Å²) in [6, 6.07) is 20.2. The normalized spacial score (nSPS) is 13.4. The van der Waals surface area contributed by atoms with Crippen molar-refractivity contribution < 1.29 is 14.6 Å². The number of hydrogen-bond donors (Lipinski definition) is 1. The molecule has 0 aliphatic carbocycles. The Kier molecular flexibility index (Phi) is 9.69. The van der Waals surface area contributed by atoms with Crippen molar-refractivity contribution in [2.24, 2.45) is 13.0 Å². The molecule has 0 spiro atoms. The lowest BCUT2D eigenvalue weighted by molar-refractivity contribution is 0.0000409. The van der Waals surface area contributed by atoms with Gasteiger partial charge in [0.25, 0.3) is 0 Å². The van der Waals surface area contributed by atoms with E-state index in [4.69, 9.17) is 14.6 Å². The molecule has 0 saturated carbocycles. The molecule has 0 saturated heterocycles. The van der Waals surface area contributed by atoms with Crippen LogP contribution in [0.25, 0.3) is 11.3 Å². The van der Waals surface area contributed by atoms with Crippen molar-refractivity contribution >= 4 is 0 Å². The maximum Gasteiger partial charge on any atom is 0.222 e. The van der Waals surface area contributed by atoms with Crippen LogP contribution >= 0.6 is 0 Å². The van der Waals surface area contributed by atoms with Crippen LogP contribution in [0.1, 0.15) is 39.7 Å². The lowest BCUT2D eigenvalue weighted by Gasteiger charge is -2.30. The Morgan fingerprint density at radius 1 is 0.971 bits per heavy atom. The average Bonchev–Trinajstić information content (AvgIpc) is 3.14. The van der Waals surface area contributed by atoms with Gasteiger partial charge in [-0.15, -0.1) is 0 Å². The van der Waals surface area contributed by atoms with Crippen LogP contribution in [0.2, 0.25) is 0 Å². The highest BCUT2D eigenvalue weighted by molar-refractivity contribution is 5.65. The Balaban J connectivity index is 1.91. The van der Waals surface area contributed by atoms with Gasteiger partial charge in [0.15, 0.2) is 0 Å². The number of aryl methyl sites for hydroxylation is 1. The monoisotopic (exact) mass is 465 g/mol. The number of aliphatic hydroxyl groups excluding tert-OH is 1. The number of ether oxygens (including phenoxy) is 2. The molecule has 0 fully saturated rings. The van der Waals surface area contributed by atoms with Crippen LogP contribution < -0.4 is 4.74 Å². The van der Waals surface area contributed by atoms with E-state index in [9.17, 15) is 5.11 Å². The number of nitrogens with zero attached hydrogens (tertiary/aromatic N) is 3. The van der Waals surface area contributed by atoms with E-state index >= 15 is 0 Å². The quantitative estimate of drug-likeness (QED) is 0.360. The predicted octanol–water partition coefficient (Wildman–Crippen LogP) is 5.51. The van der Waals surface area contributed by atoms with E-state index in [1.807, 2.05) is 60.3 Å². The molecule has 184 valence electrons. The zero-order valence-corrected chi connectivity index (χ0v) is 21.1. The molecule has 3 aromatic rings. The van der Waals surface area contributed by atoms with Crippen molar-refractivity contribution in [2.75, 3.05) is 19.8 Å². The summed E-state index contributed by atoms with van der Waals surface area (Å²) in [5, 5.41) is 15.6. The number of aliphatic hydroxyl groups is 1. The number of benzene rings is 2. The molecular weight excluding hydrogens is 426 g/mol. The molecule has 2 atom stereocenters. The Morgan fingerprint density at radius 2 is 1.62 bits per heavy atom. The summed E-state index contributed by atoms with van der Waals surface area (Å²) in [6.07, 6.45) is 0.401. The Hall–Kier alpha value is -2.67. The number of aromatic nitrogens is 2. The van der Waals surface area contributed by atoms with E-state index in [2.05, 4.69) is 44.7 Å². The van der Waals surface area contributed by atoms with Crippen molar-refractivity contribution in [1.82, 2.24) is 14.7 Å². The molecule has 0 unspecified atom stereocenters. The third kappa shape index (κ3) is 7.16. The van der Waals surface area contributed by atoms with E-state index in [0.717, 1.165) is 29.0 Å². The van der Waals surface area contributed by atoms with Crippen LogP contribution in [-0.4, -0.2) is 51.7 Å². The lowest BCUT2D eigenvalue weighted by atomic mass is 10.1. The first-order chi connectivity index (χ1) is 16.4. The molecular formula is C28H39N3O3. The molecule has 6 nitrogen and oxygen atoms in total. The van der Waals surface area contributed by atoms with Gasteiger partial charge in [0.1, 0.15) is 11.4 Å². The van der Waals surface area contributed by atoms with Gasteiger partial charge in [-0.3, -0.25) is 4.90 Å². The first-order valence-corrected chi connectivity index (χ1v) is 12.2. The van der Waals surface area contributed by atoms with E-state index in [-0.39, 0.29) is 6.04 Å². The molecule has 1 aromatic heterocycles. The maximum atomic E-state index is 10.7. The standard InChI is InChI=1S/C28H39N3O3/c1-6-22(4)31(17-24(32)20-33-19-21(2)3)18-26-27(23-13-9-7-10-14-23)29-30(5)28(26)34-25-15-11-8-12-16-25/h7-16,21-22,24,32H,6,17-20H2,1-5H3/t22-,24-/m0/s1. The molecule has 0 amide bonds. The minimum Gasteiger partial charge on any atom is -0.439 e. The van der Waals surface area contributed by atoms with Gasteiger partial charge in [-0.2, -0.15) is 5.10 Å². The van der Waals surface area contributed by atoms with Gasteiger partial charge < -0.3 is 14.6 Å². The van der Waals surface area contributed by atoms with Gasteiger partial charge in [0.2, 0.25) is 5.88 Å². The number of hydrogen-bond acceptors (Lipinski definition) is 5. The summed E-state index contributed by atoms with van der Waals surface area (Å²) >= 11 is 0. The second kappa shape index (κ2) is 12.7. The second-order valence-electron chi connectivity index (χ2n) is 9.31. The van der Waals surface area contributed by atoms with Crippen LogP contribution in [0.4, 0.5) is 0 Å². The van der Waals surface area contributed by atoms with Gasteiger partial charge >= 0.3 is 0 Å². The van der Waals surface area contributed by atoms with Crippen LogP contribution in [0.5, 0.6) is 11.6 Å². The van der Waals surface area contributed by atoms with Crippen LogP contribution in [0, 0.1) is 5.92 Å². The van der Waals surface area contributed by atoms with Crippen molar-refractivity contribution in [3.05, 3.63) is 66.2 Å². The summed E-state index contributed by atoms with van der Waals surface area (Å²) in [5.41, 5.74) is 2.95. The molecule has 34 heavy (non-hydrogen) atoms. The first kappa shape index (κ1) is 25.9. The van der Waals surface area contributed by atoms with Crippen molar-refractivity contribution in [2.45, 2.75) is 52.8 Å². The van der Waals surface area contributed by atoms with Gasteiger partial charge in [-0.1, -0.05) is 69.3 Å². The maximum absolute atomic E-state index is 10.7. The average molecular weight is 466 g/mol. The molecule has 0 bridgehead atoms. The fourth-order valence-electron chi connectivity index (χ4n) is 3.88. The zero-order valence-electron chi connectivity index (χ0n) is 21.1. The van der Waals surface area contributed by atoms with Gasteiger partial charge in [-0.05, 0) is 31.4 Å². The molecule has 1 heterocycles. The summed E-state index contributed by atoms with van der Waals surface area (Å²) < 4.78 is 13.9. The molecule has 0 aliphatic heterocycles. The SMILES string of the molecule is CC[C@H](C)N(Cc1c(-c2ccccc2)nn(C)c1Oc1ccccc1)C[C@H](O)COCC(C)C. The summed E-state index contributed by atoms with van der Waals surface area (Å²) in [5.74, 6) is 1.92. The first-order valence-electron chi connectivity index (χ1n) is 12.2. The summed E-state index contributed by atoms with van der Waals surface area (Å²) in [4.78, 5) is 2.30. The number of rotatable bonds is 13. The fourth-order valence-corrected chi connectivity index (χ4v) is 3.88. The summed E-state index contributed by atoms with van der Waals surface area (Å²) in [7, 11) is 1.91. The molecule has 2 aromatic carbocycles. The minimum atomic E-state index is -0.567.